The summed E-state index contributed by atoms with van der Waals surface area (Å²) < 4.78 is 5.79. The van der Waals surface area contributed by atoms with Crippen molar-refractivity contribution in [3.05, 3.63) is 46.4 Å². The number of benzene rings is 1. The predicted molar refractivity (Wildman–Crippen MR) is 103 cm³/mol. The highest BCUT2D eigenvalue weighted by molar-refractivity contribution is 5.96. The molecule has 0 saturated carbocycles. The zero-order valence-corrected chi connectivity index (χ0v) is 15.8. The van der Waals surface area contributed by atoms with E-state index in [0.29, 0.717) is 11.9 Å². The van der Waals surface area contributed by atoms with Crippen LogP contribution in [0.3, 0.4) is 0 Å². The first-order chi connectivity index (χ1) is 12.3. The fourth-order valence-corrected chi connectivity index (χ4v) is 3.51. The van der Waals surface area contributed by atoms with Crippen molar-refractivity contribution in [1.82, 2.24) is 15.2 Å². The number of ether oxygens (including phenoxy) is 1. The molecule has 0 radical (unpaired) electrons. The highest BCUT2D eigenvalue weighted by Crippen LogP contribution is 2.20. The number of hydrogen-bond acceptors (Lipinski definition) is 4. The second-order valence-corrected chi connectivity index (χ2v) is 7.76. The minimum absolute atomic E-state index is 0.172. The number of carbonyl (C=O) groups excluding carboxylic acids is 1. The largest absolute Gasteiger partial charge is 0.373 e. The number of H-pyrrole nitrogens is 1. The predicted octanol–water partition coefficient (Wildman–Crippen LogP) is 2.15. The summed E-state index contributed by atoms with van der Waals surface area (Å²) in [7, 11) is 0. The van der Waals surface area contributed by atoms with Crippen molar-refractivity contribution in [2.45, 2.75) is 45.4 Å². The molecule has 6 heteroatoms. The number of fused-ring (bicyclic) bond motifs is 1. The van der Waals surface area contributed by atoms with Gasteiger partial charge in [-0.15, -0.1) is 0 Å². The van der Waals surface area contributed by atoms with Gasteiger partial charge >= 0.3 is 0 Å². The molecule has 2 N–H and O–H groups in total. The van der Waals surface area contributed by atoms with Gasteiger partial charge in [0.15, 0.2) is 0 Å². The summed E-state index contributed by atoms with van der Waals surface area (Å²) in [6.45, 7) is 10.5. The molecule has 1 aromatic heterocycles. The van der Waals surface area contributed by atoms with Crippen molar-refractivity contribution in [2.75, 3.05) is 19.6 Å². The number of pyridine rings is 1. The number of morpholine rings is 1. The van der Waals surface area contributed by atoms with Crippen LogP contribution >= 0.6 is 0 Å². The van der Waals surface area contributed by atoms with E-state index >= 15 is 0 Å². The van der Waals surface area contributed by atoms with E-state index in [1.807, 2.05) is 18.2 Å². The third-order valence-corrected chi connectivity index (χ3v) is 4.96. The Bertz CT molecular complexity index is 849. The Morgan fingerprint density at radius 3 is 2.62 bits per heavy atom. The van der Waals surface area contributed by atoms with Crippen molar-refractivity contribution in [2.24, 2.45) is 0 Å². The van der Waals surface area contributed by atoms with Gasteiger partial charge < -0.3 is 15.0 Å². The van der Waals surface area contributed by atoms with Crippen LogP contribution in [0.1, 0.15) is 38.2 Å². The molecule has 0 bridgehead atoms. The maximum Gasteiger partial charge on any atom is 0.267 e. The monoisotopic (exact) mass is 357 g/mol. The number of aromatic amines is 1. The molecule has 1 fully saturated rings. The quantitative estimate of drug-likeness (QED) is 0.879. The van der Waals surface area contributed by atoms with Gasteiger partial charge in [-0.25, -0.2) is 0 Å². The minimum Gasteiger partial charge on any atom is -0.373 e. The van der Waals surface area contributed by atoms with E-state index in [-0.39, 0.29) is 34.9 Å². The van der Waals surface area contributed by atoms with E-state index < -0.39 is 0 Å². The van der Waals surface area contributed by atoms with Crippen LogP contribution in [0.5, 0.6) is 0 Å². The Kier molecular flexibility index (Phi) is 5.16. The number of amides is 1. The van der Waals surface area contributed by atoms with Crippen molar-refractivity contribution in [3.8, 4) is 0 Å². The summed E-state index contributed by atoms with van der Waals surface area (Å²) in [5, 5.41) is 4.31. The van der Waals surface area contributed by atoms with Gasteiger partial charge in [0.1, 0.15) is 5.69 Å². The summed E-state index contributed by atoms with van der Waals surface area (Å²) in [5.41, 5.74) is -0.171. The SMILES string of the molecule is CC1CN(C(C)(C)CNC(=O)c2cc3ccccc3c(=O)[nH]2)CC(C)O1. The Morgan fingerprint density at radius 1 is 1.27 bits per heavy atom. The van der Waals surface area contributed by atoms with Gasteiger partial charge in [0.2, 0.25) is 0 Å². The minimum atomic E-state index is -0.268. The zero-order valence-electron chi connectivity index (χ0n) is 15.8. The number of aromatic nitrogens is 1. The van der Waals surface area contributed by atoms with Crippen LogP contribution in [-0.2, 0) is 4.74 Å². The molecule has 6 nitrogen and oxygen atoms in total. The van der Waals surface area contributed by atoms with Crippen LogP contribution in [0.2, 0.25) is 0 Å². The van der Waals surface area contributed by atoms with Gasteiger partial charge in [0.05, 0.1) is 12.2 Å². The highest BCUT2D eigenvalue weighted by atomic mass is 16.5. The molecule has 1 aromatic carbocycles. The standard InChI is InChI=1S/C20H27N3O3/c1-13-10-23(11-14(2)26-13)20(3,4)12-21-19(25)17-9-15-7-5-6-8-16(15)18(24)22-17/h5-9,13-14H,10-12H2,1-4H3,(H,21,25)(H,22,24). The molecular formula is C20H27N3O3. The van der Waals surface area contributed by atoms with Crippen molar-refractivity contribution in [3.63, 3.8) is 0 Å². The molecule has 1 aliphatic rings. The average molecular weight is 357 g/mol. The fraction of sp³-hybridized carbons (Fsp3) is 0.500. The second-order valence-electron chi connectivity index (χ2n) is 7.76. The normalized spacial score (nSPS) is 21.7. The molecule has 2 aromatic rings. The third-order valence-electron chi connectivity index (χ3n) is 4.96. The molecule has 1 saturated heterocycles. The average Bonchev–Trinajstić information content (AvgIpc) is 2.59. The lowest BCUT2D eigenvalue weighted by molar-refractivity contribution is -0.0948. The highest BCUT2D eigenvalue weighted by Gasteiger charge is 2.33. The summed E-state index contributed by atoms with van der Waals surface area (Å²) in [4.78, 5) is 29.8. The van der Waals surface area contributed by atoms with Gasteiger partial charge in [-0.3, -0.25) is 14.5 Å². The molecule has 0 spiro atoms. The molecule has 2 unspecified atom stereocenters. The Labute approximate surface area is 153 Å². The molecule has 0 aliphatic carbocycles. The van der Waals surface area contributed by atoms with Crippen LogP contribution in [-0.4, -0.2) is 53.2 Å². The van der Waals surface area contributed by atoms with E-state index in [2.05, 4.69) is 42.9 Å². The lowest BCUT2D eigenvalue weighted by atomic mass is 10.00. The lowest BCUT2D eigenvalue weighted by Crippen LogP contribution is -2.58. The van der Waals surface area contributed by atoms with E-state index in [1.165, 1.54) is 0 Å². The van der Waals surface area contributed by atoms with Gasteiger partial charge in [-0.1, -0.05) is 18.2 Å². The van der Waals surface area contributed by atoms with Crippen LogP contribution in [0.25, 0.3) is 10.8 Å². The summed E-state index contributed by atoms with van der Waals surface area (Å²) >= 11 is 0. The number of nitrogens with zero attached hydrogens (tertiary/aromatic N) is 1. The number of carbonyl (C=O) groups is 1. The second kappa shape index (κ2) is 7.21. The fourth-order valence-electron chi connectivity index (χ4n) is 3.51. The van der Waals surface area contributed by atoms with Gasteiger partial charge in [0, 0.05) is 30.6 Å². The first-order valence-corrected chi connectivity index (χ1v) is 9.07. The molecule has 2 heterocycles. The van der Waals surface area contributed by atoms with E-state index in [1.54, 1.807) is 12.1 Å². The van der Waals surface area contributed by atoms with Crippen LogP contribution < -0.4 is 10.9 Å². The molecule has 2 atom stereocenters. The summed E-state index contributed by atoms with van der Waals surface area (Å²) in [6, 6.07) is 8.97. The number of nitrogens with one attached hydrogen (secondary N) is 2. The van der Waals surface area contributed by atoms with E-state index in [4.69, 9.17) is 4.74 Å². The van der Waals surface area contributed by atoms with Gasteiger partial charge in [0.25, 0.3) is 11.5 Å². The molecule has 3 rings (SSSR count). The molecule has 140 valence electrons. The zero-order chi connectivity index (χ0) is 18.9. The van der Waals surface area contributed by atoms with E-state index in [9.17, 15) is 9.59 Å². The lowest BCUT2D eigenvalue weighted by Gasteiger charge is -2.45. The maximum absolute atomic E-state index is 12.6. The molecule has 1 amide bonds. The summed E-state index contributed by atoms with van der Waals surface area (Å²) in [5.74, 6) is -0.268. The molecular weight excluding hydrogens is 330 g/mol. The van der Waals surface area contributed by atoms with Crippen LogP contribution in [0, 0.1) is 0 Å². The Morgan fingerprint density at radius 2 is 1.92 bits per heavy atom. The smallest absolute Gasteiger partial charge is 0.267 e. The molecule has 26 heavy (non-hydrogen) atoms. The van der Waals surface area contributed by atoms with Gasteiger partial charge in [-0.05, 0) is 45.2 Å². The molecule has 1 aliphatic heterocycles. The van der Waals surface area contributed by atoms with Gasteiger partial charge in [-0.2, -0.15) is 0 Å². The first-order valence-electron chi connectivity index (χ1n) is 9.07. The van der Waals surface area contributed by atoms with Crippen molar-refractivity contribution < 1.29 is 9.53 Å². The topological polar surface area (TPSA) is 74.4 Å². The first kappa shape index (κ1) is 18.6. The maximum atomic E-state index is 12.6. The van der Waals surface area contributed by atoms with E-state index in [0.717, 1.165) is 18.5 Å². The van der Waals surface area contributed by atoms with Crippen LogP contribution in [0.4, 0.5) is 0 Å². The third kappa shape index (κ3) is 3.97. The Balaban J connectivity index is 1.71. The number of hydrogen-bond donors (Lipinski definition) is 2. The van der Waals surface area contributed by atoms with Crippen molar-refractivity contribution in [1.29, 1.82) is 0 Å². The Hall–Kier alpha value is -2.18. The van der Waals surface area contributed by atoms with Crippen LogP contribution in [0.15, 0.2) is 35.1 Å². The number of rotatable bonds is 4. The summed E-state index contributed by atoms with van der Waals surface area (Å²) in [6.07, 6.45) is 0.344. The van der Waals surface area contributed by atoms with Crippen molar-refractivity contribution >= 4 is 16.7 Å².